The average molecular weight is 425 g/mol. The first kappa shape index (κ1) is 18.8. The summed E-state index contributed by atoms with van der Waals surface area (Å²) in [6.07, 6.45) is 5.14. The zero-order valence-electron chi connectivity index (χ0n) is 14.6. The molecule has 27 heavy (non-hydrogen) atoms. The molecule has 0 unspecified atom stereocenters. The second kappa shape index (κ2) is 8.60. The molecule has 0 saturated carbocycles. The molecule has 5 nitrogen and oxygen atoms in total. The van der Waals surface area contributed by atoms with Crippen LogP contribution in [0.2, 0.25) is 0 Å². The summed E-state index contributed by atoms with van der Waals surface area (Å²) in [6, 6.07) is 14.8. The normalized spacial score (nSPS) is 10.9. The molecule has 0 aliphatic rings. The van der Waals surface area contributed by atoms with Gasteiger partial charge in [-0.25, -0.2) is 0 Å². The highest BCUT2D eigenvalue weighted by Gasteiger charge is 2.12. The Bertz CT molecular complexity index is 1030. The maximum Gasteiger partial charge on any atom is 0.302 e. The second-order valence-corrected chi connectivity index (χ2v) is 6.69. The van der Waals surface area contributed by atoms with Crippen molar-refractivity contribution in [3.8, 4) is 0 Å². The van der Waals surface area contributed by atoms with Crippen LogP contribution in [0.25, 0.3) is 17.0 Å². The minimum atomic E-state index is -0.352. The van der Waals surface area contributed by atoms with E-state index < -0.39 is 0 Å². The summed E-state index contributed by atoms with van der Waals surface area (Å²) >= 11 is 3.42. The minimum Gasteiger partial charge on any atom is -0.462 e. The van der Waals surface area contributed by atoms with Gasteiger partial charge in [0.2, 0.25) is 0 Å². The van der Waals surface area contributed by atoms with Crippen LogP contribution in [0.15, 0.2) is 65.3 Å². The number of para-hydroxylation sites is 1. The van der Waals surface area contributed by atoms with E-state index in [2.05, 4.69) is 26.2 Å². The lowest BCUT2D eigenvalue weighted by Crippen LogP contribution is -2.14. The van der Waals surface area contributed by atoms with Crippen molar-refractivity contribution in [3.63, 3.8) is 0 Å². The second-order valence-electron chi connectivity index (χ2n) is 5.77. The van der Waals surface area contributed by atoms with Gasteiger partial charge in [-0.15, -0.1) is 0 Å². The number of amides is 1. The van der Waals surface area contributed by atoms with Crippen molar-refractivity contribution in [1.82, 2.24) is 4.98 Å². The van der Waals surface area contributed by atoms with Crippen LogP contribution in [0.5, 0.6) is 0 Å². The van der Waals surface area contributed by atoms with E-state index in [1.165, 1.54) is 6.92 Å². The molecule has 0 saturated heterocycles. The van der Waals surface area contributed by atoms with E-state index in [1.54, 1.807) is 30.5 Å². The summed E-state index contributed by atoms with van der Waals surface area (Å²) in [4.78, 5) is 28.1. The first-order valence-electron chi connectivity index (χ1n) is 8.29. The summed E-state index contributed by atoms with van der Waals surface area (Å²) in [5, 5.41) is 3.89. The third-order valence-electron chi connectivity index (χ3n) is 3.82. The van der Waals surface area contributed by atoms with Crippen LogP contribution in [0, 0.1) is 0 Å². The van der Waals surface area contributed by atoms with Crippen molar-refractivity contribution >= 4 is 50.5 Å². The third kappa shape index (κ3) is 4.80. The fraction of sp³-hybridized carbons (Fsp3) is 0.0952. The molecule has 6 heteroatoms. The van der Waals surface area contributed by atoms with E-state index in [9.17, 15) is 9.59 Å². The van der Waals surface area contributed by atoms with Gasteiger partial charge in [0.05, 0.1) is 11.2 Å². The molecular formula is C21H17BrN2O3. The molecule has 0 bridgehead atoms. The average Bonchev–Trinajstić information content (AvgIpc) is 2.65. The number of nitrogens with one attached hydrogen (secondary N) is 1. The first-order valence-corrected chi connectivity index (χ1v) is 9.08. The molecule has 0 atom stereocenters. The van der Waals surface area contributed by atoms with Gasteiger partial charge in [0, 0.05) is 28.5 Å². The highest BCUT2D eigenvalue weighted by molar-refractivity contribution is 9.10. The van der Waals surface area contributed by atoms with Gasteiger partial charge in [-0.3, -0.25) is 14.6 Å². The number of halogens is 1. The van der Waals surface area contributed by atoms with Crippen LogP contribution < -0.4 is 5.32 Å². The Hall–Kier alpha value is -2.99. The van der Waals surface area contributed by atoms with Crippen molar-refractivity contribution < 1.29 is 14.3 Å². The number of ether oxygens (including phenoxy) is 1. The number of rotatable bonds is 5. The van der Waals surface area contributed by atoms with Gasteiger partial charge in [0.15, 0.2) is 0 Å². The SMILES string of the molecule is CC(=O)OC/C=C/c1cc(Br)ccc1C(=O)Nc1cccc2cccnc12. The highest BCUT2D eigenvalue weighted by Crippen LogP contribution is 2.23. The fourth-order valence-corrected chi connectivity index (χ4v) is 2.99. The van der Waals surface area contributed by atoms with Gasteiger partial charge in [-0.1, -0.05) is 40.2 Å². The van der Waals surface area contributed by atoms with Gasteiger partial charge < -0.3 is 10.1 Å². The predicted octanol–water partition coefficient (Wildman–Crippen LogP) is 4.83. The predicted molar refractivity (Wildman–Crippen MR) is 110 cm³/mol. The van der Waals surface area contributed by atoms with Crippen LogP contribution in [-0.2, 0) is 9.53 Å². The van der Waals surface area contributed by atoms with Crippen LogP contribution in [-0.4, -0.2) is 23.5 Å². The van der Waals surface area contributed by atoms with E-state index in [0.29, 0.717) is 16.8 Å². The van der Waals surface area contributed by atoms with E-state index in [-0.39, 0.29) is 18.5 Å². The van der Waals surface area contributed by atoms with Gasteiger partial charge in [0.1, 0.15) is 6.61 Å². The van der Waals surface area contributed by atoms with Crippen molar-refractivity contribution in [2.24, 2.45) is 0 Å². The van der Waals surface area contributed by atoms with Crippen LogP contribution >= 0.6 is 15.9 Å². The van der Waals surface area contributed by atoms with Crippen LogP contribution in [0.4, 0.5) is 5.69 Å². The molecule has 0 spiro atoms. The zero-order chi connectivity index (χ0) is 19.2. The quantitative estimate of drug-likeness (QED) is 0.595. The van der Waals surface area contributed by atoms with Crippen LogP contribution in [0.3, 0.4) is 0 Å². The molecule has 0 radical (unpaired) electrons. The number of fused-ring (bicyclic) bond motifs is 1. The van der Waals surface area contributed by atoms with Crippen molar-refractivity contribution in [1.29, 1.82) is 0 Å². The lowest BCUT2D eigenvalue weighted by molar-refractivity contribution is -0.139. The monoisotopic (exact) mass is 424 g/mol. The topological polar surface area (TPSA) is 68.3 Å². The minimum absolute atomic E-state index is 0.149. The molecule has 0 aliphatic carbocycles. The molecule has 3 aromatic rings. The molecule has 0 aliphatic heterocycles. The number of hydrogen-bond acceptors (Lipinski definition) is 4. The summed E-state index contributed by atoms with van der Waals surface area (Å²) in [7, 11) is 0. The number of nitrogens with zero attached hydrogens (tertiary/aromatic N) is 1. The summed E-state index contributed by atoms with van der Waals surface area (Å²) in [5.74, 6) is -0.594. The molecule has 2 aromatic carbocycles. The van der Waals surface area contributed by atoms with Crippen molar-refractivity contribution in [2.45, 2.75) is 6.92 Å². The molecule has 136 valence electrons. The maximum atomic E-state index is 12.9. The van der Waals surface area contributed by atoms with E-state index >= 15 is 0 Å². The summed E-state index contributed by atoms with van der Waals surface area (Å²) in [5.41, 5.74) is 2.60. The number of aromatic nitrogens is 1. The van der Waals surface area contributed by atoms with Gasteiger partial charge in [0.25, 0.3) is 5.91 Å². The van der Waals surface area contributed by atoms with Gasteiger partial charge >= 0.3 is 5.97 Å². The number of benzene rings is 2. The molecule has 0 fully saturated rings. The Balaban J connectivity index is 1.87. The van der Waals surface area contributed by atoms with Crippen molar-refractivity contribution in [2.75, 3.05) is 11.9 Å². The van der Waals surface area contributed by atoms with E-state index in [4.69, 9.17) is 4.74 Å². The smallest absolute Gasteiger partial charge is 0.302 e. The van der Waals surface area contributed by atoms with E-state index in [0.717, 1.165) is 15.4 Å². The Labute approximate surface area is 165 Å². The Kier molecular flexibility index (Phi) is 5.98. The third-order valence-corrected chi connectivity index (χ3v) is 4.31. The number of carbonyl (C=O) groups excluding carboxylic acids is 2. The number of carbonyl (C=O) groups is 2. The zero-order valence-corrected chi connectivity index (χ0v) is 16.2. The molecule has 1 amide bonds. The molecule has 3 rings (SSSR count). The summed E-state index contributed by atoms with van der Waals surface area (Å²) in [6.45, 7) is 1.50. The highest BCUT2D eigenvalue weighted by atomic mass is 79.9. The Morgan fingerprint density at radius 1 is 1.19 bits per heavy atom. The lowest BCUT2D eigenvalue weighted by Gasteiger charge is -2.10. The molecular weight excluding hydrogens is 408 g/mol. The molecule has 1 heterocycles. The molecule has 1 aromatic heterocycles. The fourth-order valence-electron chi connectivity index (χ4n) is 2.61. The number of hydrogen-bond donors (Lipinski definition) is 1. The number of anilines is 1. The van der Waals surface area contributed by atoms with Gasteiger partial charge in [-0.05, 0) is 42.0 Å². The Morgan fingerprint density at radius 3 is 2.81 bits per heavy atom. The number of esters is 1. The maximum absolute atomic E-state index is 12.9. The largest absolute Gasteiger partial charge is 0.462 e. The standard InChI is InChI=1S/C21H17BrN2O3/c1-14(25)27-12-4-7-16-13-17(22)9-10-18(16)21(26)24-19-8-2-5-15-6-3-11-23-20(15)19/h2-11,13H,12H2,1H3,(H,24,26)/b7-4+. The van der Waals surface area contributed by atoms with Gasteiger partial charge in [-0.2, -0.15) is 0 Å². The van der Waals surface area contributed by atoms with Crippen molar-refractivity contribution in [3.05, 3.63) is 76.4 Å². The Morgan fingerprint density at radius 2 is 2.00 bits per heavy atom. The van der Waals surface area contributed by atoms with Crippen LogP contribution in [0.1, 0.15) is 22.8 Å². The lowest BCUT2D eigenvalue weighted by atomic mass is 10.1. The summed E-state index contributed by atoms with van der Waals surface area (Å²) < 4.78 is 5.74. The first-order chi connectivity index (χ1) is 13.0. The molecule has 1 N–H and O–H groups in total. The van der Waals surface area contributed by atoms with E-state index in [1.807, 2.05) is 36.4 Å². The number of pyridine rings is 1.